The Kier molecular flexibility index (Phi) is 5.06. The summed E-state index contributed by atoms with van der Waals surface area (Å²) in [4.78, 5) is 22.8. The lowest BCUT2D eigenvalue weighted by molar-refractivity contribution is 0.0717. The highest BCUT2D eigenvalue weighted by molar-refractivity contribution is 6.31. The summed E-state index contributed by atoms with van der Waals surface area (Å²) >= 11 is 6.15. The summed E-state index contributed by atoms with van der Waals surface area (Å²) in [7, 11) is 1.87. The minimum atomic E-state index is -0.149. The lowest BCUT2D eigenvalue weighted by atomic mass is 9.92. The maximum atomic E-state index is 13.4. The van der Waals surface area contributed by atoms with Crippen LogP contribution in [0.25, 0.3) is 0 Å². The number of nitrogens with one attached hydrogen (secondary N) is 1. The number of ether oxygens (including phenoxy) is 1. The van der Waals surface area contributed by atoms with Gasteiger partial charge >= 0.3 is 0 Å². The Balaban J connectivity index is 1.67. The van der Waals surface area contributed by atoms with Gasteiger partial charge in [-0.05, 0) is 18.2 Å². The zero-order valence-electron chi connectivity index (χ0n) is 15.4. The molecule has 1 unspecified atom stereocenters. The van der Waals surface area contributed by atoms with Crippen LogP contribution in [0.1, 0.15) is 33.2 Å². The van der Waals surface area contributed by atoms with Gasteiger partial charge in [0.15, 0.2) is 0 Å². The molecule has 3 N–H and O–H groups in total. The quantitative estimate of drug-likeness (QED) is 0.681. The second-order valence-corrected chi connectivity index (χ2v) is 7.17. The first-order valence-electron chi connectivity index (χ1n) is 8.99. The molecular formula is C19H21ClN6O2. The van der Waals surface area contributed by atoms with Crippen molar-refractivity contribution in [3.8, 4) is 5.75 Å². The molecule has 0 spiro atoms. The number of nitrogens with two attached hydrogens (primary N) is 1. The van der Waals surface area contributed by atoms with Gasteiger partial charge in [0.25, 0.3) is 5.91 Å². The lowest BCUT2D eigenvalue weighted by Gasteiger charge is -2.32. The van der Waals surface area contributed by atoms with Crippen molar-refractivity contribution in [1.29, 1.82) is 0 Å². The minimum Gasteiger partial charge on any atom is -0.491 e. The van der Waals surface area contributed by atoms with Crippen LogP contribution >= 0.6 is 11.6 Å². The van der Waals surface area contributed by atoms with Gasteiger partial charge in [-0.25, -0.2) is 4.98 Å². The van der Waals surface area contributed by atoms with Crippen molar-refractivity contribution in [3.63, 3.8) is 0 Å². The molecule has 9 heteroatoms. The maximum Gasteiger partial charge on any atom is 0.258 e. The maximum absolute atomic E-state index is 13.4. The van der Waals surface area contributed by atoms with Crippen LogP contribution in [0, 0.1) is 0 Å². The highest BCUT2D eigenvalue weighted by Gasteiger charge is 2.33. The highest BCUT2D eigenvalue weighted by Crippen LogP contribution is 2.33. The first-order valence-corrected chi connectivity index (χ1v) is 9.37. The normalized spacial score (nSPS) is 16.1. The topological polar surface area (TPSA) is 102 Å². The van der Waals surface area contributed by atoms with Gasteiger partial charge < -0.3 is 20.4 Å². The SMILES string of the molecule is Cn1cc(C2CN(C(=O)c3cc(Cl)ccc3OCCN)Cc3[nH]cnc32)cn1. The van der Waals surface area contributed by atoms with Gasteiger partial charge in [0.05, 0.1) is 36.0 Å². The van der Waals surface area contributed by atoms with Crippen LogP contribution in [0.2, 0.25) is 5.02 Å². The summed E-state index contributed by atoms with van der Waals surface area (Å²) in [6, 6.07) is 5.04. The molecule has 146 valence electrons. The molecular weight excluding hydrogens is 380 g/mol. The second-order valence-electron chi connectivity index (χ2n) is 6.73. The van der Waals surface area contributed by atoms with Crippen LogP contribution in [-0.2, 0) is 13.6 Å². The van der Waals surface area contributed by atoms with Crippen LogP contribution < -0.4 is 10.5 Å². The number of amides is 1. The third kappa shape index (κ3) is 3.48. The van der Waals surface area contributed by atoms with Crippen LogP contribution in [0.15, 0.2) is 36.9 Å². The van der Waals surface area contributed by atoms with E-state index in [0.29, 0.717) is 42.6 Å². The number of aryl methyl sites for hydroxylation is 1. The molecule has 8 nitrogen and oxygen atoms in total. The molecule has 1 aliphatic rings. The van der Waals surface area contributed by atoms with E-state index < -0.39 is 0 Å². The van der Waals surface area contributed by atoms with Crippen molar-refractivity contribution >= 4 is 17.5 Å². The minimum absolute atomic E-state index is 0.0553. The largest absolute Gasteiger partial charge is 0.491 e. The Morgan fingerprint density at radius 3 is 3.07 bits per heavy atom. The van der Waals surface area contributed by atoms with Gasteiger partial charge in [0.2, 0.25) is 0 Å². The number of nitrogens with zero attached hydrogens (tertiary/aromatic N) is 4. The van der Waals surface area contributed by atoms with Crippen molar-refractivity contribution in [2.75, 3.05) is 19.7 Å². The highest BCUT2D eigenvalue weighted by atomic mass is 35.5. The van der Waals surface area contributed by atoms with Crippen LogP contribution in [0.5, 0.6) is 5.75 Å². The molecule has 4 rings (SSSR count). The van der Waals surface area contributed by atoms with E-state index in [1.54, 1.807) is 34.1 Å². The number of fused-ring (bicyclic) bond motifs is 1. The number of hydrogen-bond donors (Lipinski definition) is 2. The second kappa shape index (κ2) is 7.65. The number of aromatic amines is 1. The van der Waals surface area contributed by atoms with Gasteiger partial charge in [-0.3, -0.25) is 9.48 Å². The molecule has 1 aromatic carbocycles. The first-order chi connectivity index (χ1) is 13.6. The molecule has 0 radical (unpaired) electrons. The number of halogens is 1. The number of H-pyrrole nitrogens is 1. The van der Waals surface area contributed by atoms with E-state index in [1.807, 2.05) is 19.4 Å². The summed E-state index contributed by atoms with van der Waals surface area (Å²) < 4.78 is 7.41. The van der Waals surface area contributed by atoms with E-state index >= 15 is 0 Å². The molecule has 0 bridgehead atoms. The molecule has 3 aromatic rings. The number of carbonyl (C=O) groups is 1. The number of rotatable bonds is 5. The fourth-order valence-electron chi connectivity index (χ4n) is 3.49. The van der Waals surface area contributed by atoms with Crippen molar-refractivity contribution in [2.24, 2.45) is 12.8 Å². The van der Waals surface area contributed by atoms with Gasteiger partial charge in [-0.1, -0.05) is 11.6 Å². The fourth-order valence-corrected chi connectivity index (χ4v) is 3.67. The number of imidazole rings is 1. The molecule has 0 fully saturated rings. The first kappa shape index (κ1) is 18.5. The molecule has 1 aliphatic heterocycles. The molecule has 28 heavy (non-hydrogen) atoms. The van der Waals surface area contributed by atoms with Crippen molar-refractivity contribution in [2.45, 2.75) is 12.5 Å². The summed E-state index contributed by atoms with van der Waals surface area (Å²) in [5.74, 6) is 0.275. The Labute approximate surface area is 167 Å². The van der Waals surface area contributed by atoms with E-state index in [1.165, 1.54) is 0 Å². The van der Waals surface area contributed by atoms with E-state index in [2.05, 4.69) is 15.1 Å². The molecule has 3 heterocycles. The third-order valence-corrected chi connectivity index (χ3v) is 5.03. The van der Waals surface area contributed by atoms with E-state index in [-0.39, 0.29) is 11.8 Å². The lowest BCUT2D eigenvalue weighted by Crippen LogP contribution is -2.39. The Morgan fingerprint density at radius 2 is 2.32 bits per heavy atom. The number of aromatic nitrogens is 4. The predicted molar refractivity (Wildman–Crippen MR) is 104 cm³/mol. The Morgan fingerprint density at radius 1 is 1.46 bits per heavy atom. The molecule has 2 aromatic heterocycles. The molecule has 1 amide bonds. The summed E-state index contributed by atoms with van der Waals surface area (Å²) in [5.41, 5.74) is 8.84. The monoisotopic (exact) mass is 400 g/mol. The van der Waals surface area contributed by atoms with Gasteiger partial charge in [0, 0.05) is 42.8 Å². The van der Waals surface area contributed by atoms with Crippen molar-refractivity contribution in [1.82, 2.24) is 24.6 Å². The average molecular weight is 401 g/mol. The van der Waals surface area contributed by atoms with Crippen molar-refractivity contribution < 1.29 is 9.53 Å². The van der Waals surface area contributed by atoms with Gasteiger partial charge in [-0.2, -0.15) is 5.10 Å². The third-order valence-electron chi connectivity index (χ3n) is 4.80. The van der Waals surface area contributed by atoms with E-state index in [9.17, 15) is 4.79 Å². The Bertz CT molecular complexity index is 998. The molecule has 0 saturated carbocycles. The van der Waals surface area contributed by atoms with Crippen molar-refractivity contribution in [3.05, 3.63) is 64.5 Å². The summed E-state index contributed by atoms with van der Waals surface area (Å²) in [6.07, 6.45) is 5.43. The van der Waals surface area contributed by atoms with Crippen LogP contribution in [0.4, 0.5) is 0 Å². The van der Waals surface area contributed by atoms with Gasteiger partial charge in [-0.15, -0.1) is 0 Å². The predicted octanol–water partition coefficient (Wildman–Crippen LogP) is 1.92. The zero-order valence-corrected chi connectivity index (χ0v) is 16.2. The standard InChI is InChI=1S/C19H21ClN6O2/c1-25-8-12(7-24-25)15-9-26(10-16-18(15)23-11-22-16)19(27)14-6-13(20)2-3-17(14)28-5-4-21/h2-3,6-8,11,15H,4-5,9-10,21H2,1H3,(H,22,23). The van der Waals surface area contributed by atoms with Crippen LogP contribution in [0.3, 0.4) is 0 Å². The van der Waals surface area contributed by atoms with E-state index in [4.69, 9.17) is 22.1 Å². The zero-order chi connectivity index (χ0) is 19.7. The molecule has 1 atom stereocenters. The van der Waals surface area contributed by atoms with Gasteiger partial charge in [0.1, 0.15) is 12.4 Å². The fraction of sp³-hybridized carbons (Fsp3) is 0.316. The summed E-state index contributed by atoms with van der Waals surface area (Å²) in [6.45, 7) is 1.62. The average Bonchev–Trinajstić information content (AvgIpc) is 3.34. The molecule has 0 saturated heterocycles. The summed E-state index contributed by atoms with van der Waals surface area (Å²) in [5, 5.41) is 4.74. The molecule has 0 aliphatic carbocycles. The smallest absolute Gasteiger partial charge is 0.258 e. The Hall–Kier alpha value is -2.84. The van der Waals surface area contributed by atoms with E-state index in [0.717, 1.165) is 17.0 Å². The van der Waals surface area contributed by atoms with Crippen LogP contribution in [-0.4, -0.2) is 50.3 Å². The number of hydrogen-bond acceptors (Lipinski definition) is 5. The number of carbonyl (C=O) groups excluding carboxylic acids is 1. The number of benzene rings is 1.